The lowest BCUT2D eigenvalue weighted by Gasteiger charge is -2.32. The van der Waals surface area contributed by atoms with Crippen molar-refractivity contribution in [1.82, 2.24) is 19.7 Å². The summed E-state index contributed by atoms with van der Waals surface area (Å²) in [5, 5.41) is 4.17. The normalized spacial score (nSPS) is 19.0. The molecule has 6 heteroatoms. The molecule has 2 N–H and O–H groups in total. The first kappa shape index (κ1) is 12.7. The highest BCUT2D eigenvalue weighted by molar-refractivity contribution is 5.99. The van der Waals surface area contributed by atoms with Crippen molar-refractivity contribution >= 4 is 11.6 Å². The number of anilines is 1. The molecule has 20 heavy (non-hydrogen) atoms. The topological polar surface area (TPSA) is 77.0 Å². The smallest absolute Gasteiger partial charge is 0.256 e. The fraction of sp³-hybridized carbons (Fsp3) is 0.357. The summed E-state index contributed by atoms with van der Waals surface area (Å²) >= 11 is 0. The highest BCUT2D eigenvalue weighted by Gasteiger charge is 2.26. The van der Waals surface area contributed by atoms with Crippen molar-refractivity contribution in [2.75, 3.05) is 18.8 Å². The quantitative estimate of drug-likeness (QED) is 0.836. The Bertz CT molecular complexity index is 595. The van der Waals surface area contributed by atoms with Crippen molar-refractivity contribution in [2.45, 2.75) is 18.9 Å². The summed E-state index contributed by atoms with van der Waals surface area (Å²) in [4.78, 5) is 18.4. The van der Waals surface area contributed by atoms with E-state index < -0.39 is 0 Å². The standard InChI is InChI=1S/C14H17N5O/c15-13-6-2-1-5-12(13)14(20)18-7-3-4-11(8-18)19-10-16-9-17-19/h1-2,5-6,9-11H,3-4,7-8,15H2. The number of rotatable bonds is 2. The molecule has 104 valence electrons. The molecule has 1 aliphatic rings. The van der Waals surface area contributed by atoms with Crippen LogP contribution >= 0.6 is 0 Å². The molecule has 1 atom stereocenters. The lowest BCUT2D eigenvalue weighted by molar-refractivity contribution is 0.0674. The maximum Gasteiger partial charge on any atom is 0.256 e. The van der Waals surface area contributed by atoms with Crippen LogP contribution in [-0.2, 0) is 0 Å². The van der Waals surface area contributed by atoms with E-state index in [1.807, 2.05) is 21.7 Å². The van der Waals surface area contributed by atoms with Gasteiger partial charge in [0.1, 0.15) is 12.7 Å². The van der Waals surface area contributed by atoms with Gasteiger partial charge < -0.3 is 10.6 Å². The predicted molar refractivity (Wildman–Crippen MR) is 75.1 cm³/mol. The van der Waals surface area contributed by atoms with Gasteiger partial charge in [-0.15, -0.1) is 0 Å². The van der Waals surface area contributed by atoms with E-state index in [1.165, 1.54) is 6.33 Å². The van der Waals surface area contributed by atoms with Crippen LogP contribution in [0.25, 0.3) is 0 Å². The number of aromatic nitrogens is 3. The minimum Gasteiger partial charge on any atom is -0.398 e. The lowest BCUT2D eigenvalue weighted by Crippen LogP contribution is -2.41. The molecule has 6 nitrogen and oxygen atoms in total. The van der Waals surface area contributed by atoms with Gasteiger partial charge in [-0.05, 0) is 25.0 Å². The van der Waals surface area contributed by atoms with Crippen LogP contribution in [0.2, 0.25) is 0 Å². The second-order valence-corrected chi connectivity index (χ2v) is 5.01. The molecule has 0 spiro atoms. The van der Waals surface area contributed by atoms with Crippen molar-refractivity contribution in [1.29, 1.82) is 0 Å². The van der Waals surface area contributed by atoms with Crippen LogP contribution in [0.15, 0.2) is 36.9 Å². The summed E-state index contributed by atoms with van der Waals surface area (Å²) in [6.07, 6.45) is 5.20. The number of nitrogen functional groups attached to an aromatic ring is 1. The monoisotopic (exact) mass is 271 g/mol. The predicted octanol–water partition coefficient (Wildman–Crippen LogP) is 1.34. The molecule has 3 rings (SSSR count). The summed E-state index contributed by atoms with van der Waals surface area (Å²) in [7, 11) is 0. The third-order valence-corrected chi connectivity index (χ3v) is 3.69. The van der Waals surface area contributed by atoms with E-state index in [9.17, 15) is 4.79 Å². The van der Waals surface area contributed by atoms with Gasteiger partial charge in [0.25, 0.3) is 5.91 Å². The highest BCUT2D eigenvalue weighted by Crippen LogP contribution is 2.23. The van der Waals surface area contributed by atoms with E-state index in [0.29, 0.717) is 17.8 Å². The first-order valence-corrected chi connectivity index (χ1v) is 6.73. The van der Waals surface area contributed by atoms with E-state index in [0.717, 1.165) is 19.4 Å². The number of para-hydroxylation sites is 1. The molecule has 2 aromatic rings. The first-order chi connectivity index (χ1) is 9.75. The number of benzene rings is 1. The Morgan fingerprint density at radius 2 is 2.20 bits per heavy atom. The molecule has 1 amide bonds. The van der Waals surface area contributed by atoms with Gasteiger partial charge in [0.15, 0.2) is 0 Å². The van der Waals surface area contributed by atoms with Crippen LogP contribution in [0.3, 0.4) is 0 Å². The molecule has 1 unspecified atom stereocenters. The van der Waals surface area contributed by atoms with E-state index in [1.54, 1.807) is 18.5 Å². The third-order valence-electron chi connectivity index (χ3n) is 3.69. The minimum atomic E-state index is -0.00656. The Morgan fingerprint density at radius 3 is 2.95 bits per heavy atom. The Hall–Kier alpha value is -2.37. The number of amides is 1. The molecule has 1 aromatic carbocycles. The number of hydrogen-bond donors (Lipinski definition) is 1. The Labute approximate surface area is 117 Å². The fourth-order valence-electron chi connectivity index (χ4n) is 2.62. The summed E-state index contributed by atoms with van der Waals surface area (Å²) in [6, 6.07) is 7.39. The summed E-state index contributed by atoms with van der Waals surface area (Å²) in [5.74, 6) is -0.00656. The second-order valence-electron chi connectivity index (χ2n) is 5.01. The van der Waals surface area contributed by atoms with Gasteiger partial charge in [0.05, 0.1) is 11.6 Å². The highest BCUT2D eigenvalue weighted by atomic mass is 16.2. The van der Waals surface area contributed by atoms with E-state index in [4.69, 9.17) is 5.73 Å². The number of piperidine rings is 1. The number of carbonyl (C=O) groups is 1. The lowest BCUT2D eigenvalue weighted by atomic mass is 10.0. The van der Waals surface area contributed by atoms with Crippen LogP contribution in [0.1, 0.15) is 29.2 Å². The largest absolute Gasteiger partial charge is 0.398 e. The van der Waals surface area contributed by atoms with Crippen molar-refractivity contribution in [3.63, 3.8) is 0 Å². The van der Waals surface area contributed by atoms with Crippen LogP contribution < -0.4 is 5.73 Å². The Morgan fingerprint density at radius 1 is 1.35 bits per heavy atom. The average molecular weight is 271 g/mol. The van der Waals surface area contributed by atoms with E-state index in [-0.39, 0.29) is 11.9 Å². The maximum absolute atomic E-state index is 12.5. The van der Waals surface area contributed by atoms with Crippen LogP contribution in [0.5, 0.6) is 0 Å². The van der Waals surface area contributed by atoms with E-state index >= 15 is 0 Å². The molecule has 0 aliphatic carbocycles. The molecule has 1 fully saturated rings. The van der Waals surface area contributed by atoms with Gasteiger partial charge in [-0.25, -0.2) is 9.67 Å². The van der Waals surface area contributed by atoms with Gasteiger partial charge in [0.2, 0.25) is 0 Å². The molecular formula is C14H17N5O. The molecule has 0 saturated carbocycles. The van der Waals surface area contributed by atoms with Crippen LogP contribution in [0, 0.1) is 0 Å². The average Bonchev–Trinajstić information content (AvgIpc) is 3.01. The molecule has 0 radical (unpaired) electrons. The van der Waals surface area contributed by atoms with Gasteiger partial charge >= 0.3 is 0 Å². The molecule has 1 aromatic heterocycles. The molecule has 0 bridgehead atoms. The first-order valence-electron chi connectivity index (χ1n) is 6.73. The van der Waals surface area contributed by atoms with Crippen molar-refractivity contribution in [2.24, 2.45) is 0 Å². The molecular weight excluding hydrogens is 254 g/mol. The van der Waals surface area contributed by atoms with Gasteiger partial charge in [0, 0.05) is 18.8 Å². The van der Waals surface area contributed by atoms with Crippen molar-refractivity contribution in [3.05, 3.63) is 42.5 Å². The zero-order valence-corrected chi connectivity index (χ0v) is 11.1. The van der Waals surface area contributed by atoms with Crippen LogP contribution in [-0.4, -0.2) is 38.7 Å². The molecule has 2 heterocycles. The van der Waals surface area contributed by atoms with Gasteiger partial charge in [-0.2, -0.15) is 5.10 Å². The SMILES string of the molecule is Nc1ccccc1C(=O)N1CCCC(n2cncn2)C1. The third kappa shape index (κ3) is 2.36. The Kier molecular flexibility index (Phi) is 3.37. The maximum atomic E-state index is 12.5. The van der Waals surface area contributed by atoms with Gasteiger partial charge in [-0.3, -0.25) is 4.79 Å². The zero-order chi connectivity index (χ0) is 13.9. The molecule has 1 saturated heterocycles. The number of carbonyl (C=O) groups excluding carboxylic acids is 1. The van der Waals surface area contributed by atoms with Crippen molar-refractivity contribution in [3.8, 4) is 0 Å². The van der Waals surface area contributed by atoms with E-state index in [2.05, 4.69) is 10.1 Å². The van der Waals surface area contributed by atoms with Gasteiger partial charge in [-0.1, -0.05) is 12.1 Å². The fourth-order valence-corrected chi connectivity index (χ4v) is 2.62. The number of hydrogen-bond acceptors (Lipinski definition) is 4. The zero-order valence-electron chi connectivity index (χ0n) is 11.1. The van der Waals surface area contributed by atoms with Crippen molar-refractivity contribution < 1.29 is 4.79 Å². The molecule has 1 aliphatic heterocycles. The Balaban J connectivity index is 1.77. The summed E-state index contributed by atoms with van der Waals surface area (Å²) < 4.78 is 1.83. The number of likely N-dealkylation sites (tertiary alicyclic amines) is 1. The number of nitrogens with two attached hydrogens (primary N) is 1. The van der Waals surface area contributed by atoms with Crippen LogP contribution in [0.4, 0.5) is 5.69 Å². The minimum absolute atomic E-state index is 0.00656. The number of nitrogens with zero attached hydrogens (tertiary/aromatic N) is 4. The summed E-state index contributed by atoms with van der Waals surface area (Å²) in [6.45, 7) is 1.41. The summed E-state index contributed by atoms with van der Waals surface area (Å²) in [5.41, 5.74) is 6.99. The second kappa shape index (κ2) is 5.32.